The van der Waals surface area contributed by atoms with Crippen molar-refractivity contribution in [3.05, 3.63) is 21.3 Å². The van der Waals surface area contributed by atoms with E-state index in [-0.39, 0.29) is 0 Å². The Morgan fingerprint density at radius 1 is 0.850 bits per heavy atom. The molecule has 0 saturated heterocycles. The first kappa shape index (κ1) is 18.0. The van der Waals surface area contributed by atoms with Gasteiger partial charge in [-0.1, -0.05) is 83.2 Å². The SMILES string of the molecule is CCCCCCCC(CCCCCC)c1ccc(Cl)s1. The monoisotopic (exact) mass is 314 g/mol. The van der Waals surface area contributed by atoms with E-state index < -0.39 is 0 Å². The molecule has 2 heteroatoms. The number of rotatable bonds is 12. The van der Waals surface area contributed by atoms with Crippen LogP contribution in [0, 0.1) is 0 Å². The molecule has 0 aliphatic rings. The fourth-order valence-electron chi connectivity index (χ4n) is 2.79. The van der Waals surface area contributed by atoms with Crippen LogP contribution >= 0.6 is 22.9 Å². The molecule has 116 valence electrons. The second-order valence-corrected chi connectivity index (χ2v) is 7.64. The van der Waals surface area contributed by atoms with Crippen LogP contribution in [0.25, 0.3) is 0 Å². The molecule has 0 aliphatic carbocycles. The van der Waals surface area contributed by atoms with Gasteiger partial charge in [0.25, 0.3) is 0 Å². The Labute approximate surface area is 134 Å². The zero-order valence-corrected chi connectivity index (χ0v) is 14.9. The van der Waals surface area contributed by atoms with E-state index in [9.17, 15) is 0 Å². The molecule has 1 rings (SSSR count). The molecule has 0 radical (unpaired) electrons. The van der Waals surface area contributed by atoms with Gasteiger partial charge in [-0.3, -0.25) is 0 Å². The Morgan fingerprint density at radius 2 is 1.40 bits per heavy atom. The molecule has 1 unspecified atom stereocenters. The van der Waals surface area contributed by atoms with E-state index in [1.807, 2.05) is 0 Å². The van der Waals surface area contributed by atoms with Crippen LogP contribution in [0.15, 0.2) is 12.1 Å². The number of thiophene rings is 1. The molecule has 1 aromatic heterocycles. The molecule has 0 bridgehead atoms. The molecule has 0 amide bonds. The van der Waals surface area contributed by atoms with Crippen molar-refractivity contribution in [3.8, 4) is 0 Å². The fraction of sp³-hybridized carbons (Fsp3) is 0.778. The molecule has 0 aromatic carbocycles. The van der Waals surface area contributed by atoms with Gasteiger partial charge in [0.2, 0.25) is 0 Å². The van der Waals surface area contributed by atoms with Gasteiger partial charge in [-0.25, -0.2) is 0 Å². The van der Waals surface area contributed by atoms with E-state index in [4.69, 9.17) is 11.6 Å². The molecule has 0 N–H and O–H groups in total. The van der Waals surface area contributed by atoms with Crippen molar-refractivity contribution < 1.29 is 0 Å². The lowest BCUT2D eigenvalue weighted by atomic mass is 9.93. The van der Waals surface area contributed by atoms with Gasteiger partial charge < -0.3 is 0 Å². The van der Waals surface area contributed by atoms with Crippen molar-refractivity contribution in [2.75, 3.05) is 0 Å². The maximum absolute atomic E-state index is 6.11. The molecule has 1 atom stereocenters. The summed E-state index contributed by atoms with van der Waals surface area (Å²) in [5.74, 6) is 0.756. The van der Waals surface area contributed by atoms with E-state index in [0.717, 1.165) is 10.3 Å². The third kappa shape index (κ3) is 7.69. The van der Waals surface area contributed by atoms with Crippen molar-refractivity contribution >= 4 is 22.9 Å². The molecular weight excluding hydrogens is 284 g/mol. The summed E-state index contributed by atoms with van der Waals surface area (Å²) in [4.78, 5) is 1.52. The Balaban J connectivity index is 2.34. The summed E-state index contributed by atoms with van der Waals surface area (Å²) in [6.07, 6.45) is 15.1. The van der Waals surface area contributed by atoms with Crippen molar-refractivity contribution in [3.63, 3.8) is 0 Å². The van der Waals surface area contributed by atoms with E-state index in [1.54, 1.807) is 11.3 Å². The third-order valence-electron chi connectivity index (χ3n) is 4.06. The van der Waals surface area contributed by atoms with E-state index in [2.05, 4.69) is 26.0 Å². The van der Waals surface area contributed by atoms with Crippen LogP contribution in [-0.2, 0) is 0 Å². The van der Waals surface area contributed by atoms with Crippen LogP contribution in [0.5, 0.6) is 0 Å². The highest BCUT2D eigenvalue weighted by molar-refractivity contribution is 7.16. The topological polar surface area (TPSA) is 0 Å². The highest BCUT2D eigenvalue weighted by Gasteiger charge is 2.13. The van der Waals surface area contributed by atoms with Gasteiger partial charge in [-0.2, -0.15) is 0 Å². The lowest BCUT2D eigenvalue weighted by Crippen LogP contribution is -1.97. The van der Waals surface area contributed by atoms with Crippen molar-refractivity contribution in [2.45, 2.75) is 90.4 Å². The molecule has 0 nitrogen and oxygen atoms in total. The molecule has 0 aliphatic heterocycles. The predicted molar refractivity (Wildman–Crippen MR) is 94.2 cm³/mol. The second-order valence-electron chi connectivity index (χ2n) is 5.89. The molecule has 1 aromatic rings. The van der Waals surface area contributed by atoms with Crippen LogP contribution in [0.4, 0.5) is 0 Å². The van der Waals surface area contributed by atoms with Gasteiger partial charge in [0, 0.05) is 4.88 Å². The summed E-state index contributed by atoms with van der Waals surface area (Å²) in [6, 6.07) is 4.32. The summed E-state index contributed by atoms with van der Waals surface area (Å²) >= 11 is 7.90. The van der Waals surface area contributed by atoms with Crippen LogP contribution in [0.2, 0.25) is 4.34 Å². The van der Waals surface area contributed by atoms with Crippen LogP contribution in [0.3, 0.4) is 0 Å². The number of hydrogen-bond acceptors (Lipinski definition) is 1. The zero-order valence-electron chi connectivity index (χ0n) is 13.3. The summed E-state index contributed by atoms with van der Waals surface area (Å²) < 4.78 is 0.949. The van der Waals surface area contributed by atoms with Gasteiger partial charge in [-0.05, 0) is 30.9 Å². The van der Waals surface area contributed by atoms with Crippen molar-refractivity contribution in [1.82, 2.24) is 0 Å². The molecule has 0 saturated carbocycles. The predicted octanol–water partition coefficient (Wildman–Crippen LogP) is 7.82. The second kappa shape index (κ2) is 11.6. The number of unbranched alkanes of at least 4 members (excludes halogenated alkanes) is 7. The highest BCUT2D eigenvalue weighted by Crippen LogP contribution is 2.35. The van der Waals surface area contributed by atoms with Crippen LogP contribution < -0.4 is 0 Å². The van der Waals surface area contributed by atoms with E-state index >= 15 is 0 Å². The zero-order chi connectivity index (χ0) is 14.6. The van der Waals surface area contributed by atoms with Gasteiger partial charge in [0.1, 0.15) is 0 Å². The van der Waals surface area contributed by atoms with Crippen molar-refractivity contribution in [2.24, 2.45) is 0 Å². The van der Waals surface area contributed by atoms with Gasteiger partial charge >= 0.3 is 0 Å². The maximum atomic E-state index is 6.11. The maximum Gasteiger partial charge on any atom is 0.0931 e. The van der Waals surface area contributed by atoms with E-state index in [0.29, 0.717) is 0 Å². The average Bonchev–Trinajstić information content (AvgIpc) is 2.87. The minimum atomic E-state index is 0.756. The summed E-state index contributed by atoms with van der Waals surface area (Å²) in [5.41, 5.74) is 0. The fourth-order valence-corrected chi connectivity index (χ4v) is 4.02. The highest BCUT2D eigenvalue weighted by atomic mass is 35.5. The first-order valence-corrected chi connectivity index (χ1v) is 9.72. The smallest absolute Gasteiger partial charge is 0.0931 e. The largest absolute Gasteiger partial charge is 0.128 e. The lowest BCUT2D eigenvalue weighted by molar-refractivity contribution is 0.498. The Hall–Kier alpha value is -0.0100. The molecule has 0 fully saturated rings. The molecule has 0 spiro atoms. The lowest BCUT2D eigenvalue weighted by Gasteiger charge is -2.15. The summed E-state index contributed by atoms with van der Waals surface area (Å²) in [5, 5.41) is 0. The molecular formula is C18H31ClS. The van der Waals surface area contributed by atoms with E-state index in [1.165, 1.54) is 75.5 Å². The Kier molecular flexibility index (Phi) is 10.5. The van der Waals surface area contributed by atoms with Crippen LogP contribution in [-0.4, -0.2) is 0 Å². The van der Waals surface area contributed by atoms with Gasteiger partial charge in [-0.15, -0.1) is 11.3 Å². The Morgan fingerprint density at radius 3 is 1.90 bits per heavy atom. The minimum Gasteiger partial charge on any atom is -0.128 e. The average molecular weight is 315 g/mol. The molecule has 20 heavy (non-hydrogen) atoms. The number of halogens is 1. The van der Waals surface area contributed by atoms with Crippen molar-refractivity contribution in [1.29, 1.82) is 0 Å². The summed E-state index contributed by atoms with van der Waals surface area (Å²) in [6.45, 7) is 4.56. The minimum absolute atomic E-state index is 0.756. The normalized spacial score (nSPS) is 12.8. The third-order valence-corrected chi connectivity index (χ3v) is 5.45. The standard InChI is InChI=1S/C18H31ClS/c1-3-5-7-9-11-13-16(12-10-8-6-4-2)17-14-15-18(19)20-17/h14-16H,3-13H2,1-2H3. The first-order valence-electron chi connectivity index (χ1n) is 8.53. The van der Waals surface area contributed by atoms with Crippen LogP contribution in [0.1, 0.15) is 95.3 Å². The quantitative estimate of drug-likeness (QED) is 0.345. The van der Waals surface area contributed by atoms with Gasteiger partial charge in [0.05, 0.1) is 4.34 Å². The Bertz CT molecular complexity index is 332. The first-order chi connectivity index (χ1) is 9.77. The number of hydrogen-bond donors (Lipinski definition) is 0. The molecule has 1 heterocycles. The summed E-state index contributed by atoms with van der Waals surface area (Å²) in [7, 11) is 0. The van der Waals surface area contributed by atoms with Gasteiger partial charge in [0.15, 0.2) is 0 Å².